The minimum absolute atomic E-state index is 0.342. The Labute approximate surface area is 122 Å². The minimum atomic E-state index is 0.342. The van der Waals surface area contributed by atoms with Gasteiger partial charge in [-0.1, -0.05) is 44.6 Å². The van der Waals surface area contributed by atoms with Crippen LogP contribution < -0.4 is 0 Å². The van der Waals surface area contributed by atoms with Crippen molar-refractivity contribution in [1.82, 2.24) is 0 Å². The van der Waals surface area contributed by atoms with Crippen molar-refractivity contribution in [2.75, 3.05) is 12.4 Å². The van der Waals surface area contributed by atoms with Gasteiger partial charge in [0.15, 0.2) is 0 Å². The monoisotopic (exact) mass is 284 g/mol. The molecular formula is C16H28O2S. The third-order valence-electron chi connectivity index (χ3n) is 3.41. The maximum atomic E-state index is 9.70. The first kappa shape index (κ1) is 16.6. The Kier molecular flexibility index (Phi) is 10.0. The lowest BCUT2D eigenvalue weighted by Gasteiger charge is -2.10. The van der Waals surface area contributed by atoms with Gasteiger partial charge in [-0.25, -0.2) is 0 Å². The first-order chi connectivity index (χ1) is 9.34. The maximum absolute atomic E-state index is 9.70. The van der Waals surface area contributed by atoms with Gasteiger partial charge >= 0.3 is 0 Å². The molecule has 0 fully saturated rings. The summed E-state index contributed by atoms with van der Waals surface area (Å²) in [7, 11) is 0. The highest BCUT2D eigenvalue weighted by atomic mass is 32.2. The second-order valence-corrected chi connectivity index (χ2v) is 6.29. The summed E-state index contributed by atoms with van der Waals surface area (Å²) in [6.45, 7) is 0.342. The summed E-state index contributed by atoms with van der Waals surface area (Å²) in [6.07, 6.45) is 15.9. The van der Waals surface area contributed by atoms with E-state index >= 15 is 0 Å². The quantitative estimate of drug-likeness (QED) is 0.527. The fraction of sp³-hybridized carbons (Fsp3) is 0.750. The molecule has 2 nitrogen and oxygen atoms in total. The molecule has 0 amide bonds. The number of rotatable bonds is 11. The molecule has 0 aromatic heterocycles. The standard InChI is InChI=1S/C16H28O2S/c17-13-9-5-3-1-2-4-6-10-14-19-16-12-8-7-11-15(16)18/h8,12,17-18H,1-7,9-11,13-14H2. The minimum Gasteiger partial charge on any atom is -0.511 e. The third kappa shape index (κ3) is 8.38. The number of unbranched alkanes of at least 4 members (excludes halogenated alkanes) is 7. The van der Waals surface area contributed by atoms with Crippen LogP contribution in [0.3, 0.4) is 0 Å². The lowest BCUT2D eigenvalue weighted by molar-refractivity contribution is 0.282. The van der Waals surface area contributed by atoms with E-state index in [9.17, 15) is 5.11 Å². The number of thioether (sulfide) groups is 1. The highest BCUT2D eigenvalue weighted by Crippen LogP contribution is 2.27. The van der Waals surface area contributed by atoms with E-state index in [1.165, 1.54) is 44.9 Å². The van der Waals surface area contributed by atoms with Crippen LogP contribution in [0.1, 0.15) is 64.2 Å². The van der Waals surface area contributed by atoms with Crippen LogP contribution in [0.2, 0.25) is 0 Å². The van der Waals surface area contributed by atoms with Crippen LogP contribution in [-0.2, 0) is 0 Å². The van der Waals surface area contributed by atoms with Crippen LogP contribution in [0.25, 0.3) is 0 Å². The SMILES string of the molecule is OCCCCCCCCCCSC1=C(O)CCC=C1. The number of aliphatic hydroxyl groups excluding tert-OH is 2. The molecular weight excluding hydrogens is 256 g/mol. The van der Waals surface area contributed by atoms with E-state index < -0.39 is 0 Å². The summed E-state index contributed by atoms with van der Waals surface area (Å²) < 4.78 is 0. The second kappa shape index (κ2) is 11.4. The summed E-state index contributed by atoms with van der Waals surface area (Å²) in [5, 5.41) is 18.4. The zero-order chi connectivity index (χ0) is 13.8. The van der Waals surface area contributed by atoms with Crippen molar-refractivity contribution < 1.29 is 10.2 Å². The number of allylic oxidation sites excluding steroid dienone is 3. The van der Waals surface area contributed by atoms with Crippen molar-refractivity contribution in [2.24, 2.45) is 0 Å². The lowest BCUT2D eigenvalue weighted by atomic mass is 10.1. The molecule has 1 rings (SSSR count). The van der Waals surface area contributed by atoms with Gasteiger partial charge in [-0.05, 0) is 31.1 Å². The van der Waals surface area contributed by atoms with Crippen molar-refractivity contribution in [1.29, 1.82) is 0 Å². The van der Waals surface area contributed by atoms with Gasteiger partial charge in [0.05, 0.1) is 0 Å². The summed E-state index contributed by atoms with van der Waals surface area (Å²) in [5.74, 6) is 1.70. The normalized spacial score (nSPS) is 15.2. The van der Waals surface area contributed by atoms with E-state index in [0.29, 0.717) is 12.4 Å². The predicted molar refractivity (Wildman–Crippen MR) is 84.5 cm³/mol. The molecule has 19 heavy (non-hydrogen) atoms. The van der Waals surface area contributed by atoms with Gasteiger partial charge in [0.1, 0.15) is 5.76 Å². The Morgan fingerprint density at radius 3 is 2.21 bits per heavy atom. The van der Waals surface area contributed by atoms with Gasteiger partial charge in [-0.15, -0.1) is 11.8 Å². The van der Waals surface area contributed by atoms with Crippen LogP contribution in [0.4, 0.5) is 0 Å². The average molecular weight is 284 g/mol. The molecule has 0 saturated carbocycles. The Balaban J connectivity index is 1.87. The summed E-state index contributed by atoms with van der Waals surface area (Å²) >= 11 is 1.80. The van der Waals surface area contributed by atoms with Crippen LogP contribution in [0.15, 0.2) is 22.8 Å². The number of hydrogen-bond donors (Lipinski definition) is 2. The summed E-state index contributed by atoms with van der Waals surface area (Å²) in [4.78, 5) is 1.08. The molecule has 0 heterocycles. The highest BCUT2D eigenvalue weighted by molar-refractivity contribution is 8.03. The molecule has 0 radical (unpaired) electrons. The zero-order valence-electron chi connectivity index (χ0n) is 11.9. The lowest BCUT2D eigenvalue weighted by Crippen LogP contribution is -1.92. The average Bonchev–Trinajstić information content (AvgIpc) is 2.43. The Morgan fingerprint density at radius 2 is 1.58 bits per heavy atom. The smallest absolute Gasteiger partial charge is 0.106 e. The topological polar surface area (TPSA) is 40.5 Å². The van der Waals surface area contributed by atoms with E-state index in [0.717, 1.165) is 29.9 Å². The maximum Gasteiger partial charge on any atom is 0.106 e. The van der Waals surface area contributed by atoms with Crippen molar-refractivity contribution in [3.8, 4) is 0 Å². The van der Waals surface area contributed by atoms with Gasteiger partial charge in [0.25, 0.3) is 0 Å². The summed E-state index contributed by atoms with van der Waals surface area (Å²) in [6, 6.07) is 0. The van der Waals surface area contributed by atoms with E-state index in [-0.39, 0.29) is 0 Å². The highest BCUT2D eigenvalue weighted by Gasteiger charge is 2.06. The van der Waals surface area contributed by atoms with Crippen LogP contribution in [0, 0.1) is 0 Å². The number of aliphatic hydroxyl groups is 2. The molecule has 3 heteroatoms. The van der Waals surface area contributed by atoms with E-state index in [4.69, 9.17) is 5.11 Å². The first-order valence-electron chi connectivity index (χ1n) is 7.67. The van der Waals surface area contributed by atoms with E-state index in [2.05, 4.69) is 12.2 Å². The largest absolute Gasteiger partial charge is 0.511 e. The third-order valence-corrected chi connectivity index (χ3v) is 4.59. The molecule has 0 unspecified atom stereocenters. The van der Waals surface area contributed by atoms with Crippen LogP contribution in [0.5, 0.6) is 0 Å². The van der Waals surface area contributed by atoms with E-state index in [1.54, 1.807) is 11.8 Å². The first-order valence-corrected chi connectivity index (χ1v) is 8.65. The Hall–Kier alpha value is -0.410. The molecule has 110 valence electrons. The van der Waals surface area contributed by atoms with Crippen molar-refractivity contribution in [2.45, 2.75) is 64.2 Å². The molecule has 0 aliphatic heterocycles. The molecule has 1 aliphatic carbocycles. The van der Waals surface area contributed by atoms with Gasteiger partial charge < -0.3 is 10.2 Å². The molecule has 0 saturated heterocycles. The molecule has 0 spiro atoms. The fourth-order valence-electron chi connectivity index (χ4n) is 2.22. The number of hydrogen-bond acceptors (Lipinski definition) is 3. The van der Waals surface area contributed by atoms with Gasteiger partial charge in [-0.3, -0.25) is 0 Å². The molecule has 0 aromatic rings. The van der Waals surface area contributed by atoms with Gasteiger partial charge in [-0.2, -0.15) is 0 Å². The van der Waals surface area contributed by atoms with Crippen LogP contribution in [-0.4, -0.2) is 22.6 Å². The summed E-state index contributed by atoms with van der Waals surface area (Å²) in [5.41, 5.74) is 0. The zero-order valence-corrected chi connectivity index (χ0v) is 12.8. The Morgan fingerprint density at radius 1 is 0.947 bits per heavy atom. The molecule has 0 aromatic carbocycles. The second-order valence-electron chi connectivity index (χ2n) is 5.15. The molecule has 0 atom stereocenters. The Bertz CT molecular complexity index is 284. The fourth-order valence-corrected chi connectivity index (χ4v) is 3.25. The van der Waals surface area contributed by atoms with Gasteiger partial charge in [0, 0.05) is 17.9 Å². The van der Waals surface area contributed by atoms with Gasteiger partial charge in [0.2, 0.25) is 0 Å². The van der Waals surface area contributed by atoms with Crippen molar-refractivity contribution in [3.05, 3.63) is 22.8 Å². The van der Waals surface area contributed by atoms with Crippen molar-refractivity contribution >= 4 is 11.8 Å². The van der Waals surface area contributed by atoms with E-state index in [1.807, 2.05) is 0 Å². The van der Waals surface area contributed by atoms with Crippen LogP contribution >= 0.6 is 11.8 Å². The predicted octanol–water partition coefficient (Wildman–Crippen LogP) is 4.95. The molecule has 1 aliphatic rings. The van der Waals surface area contributed by atoms with Crippen molar-refractivity contribution in [3.63, 3.8) is 0 Å². The molecule has 0 bridgehead atoms. The molecule has 2 N–H and O–H groups in total.